The summed E-state index contributed by atoms with van der Waals surface area (Å²) in [5.74, 6) is 0.939. The predicted molar refractivity (Wildman–Crippen MR) is 81.5 cm³/mol. The van der Waals surface area contributed by atoms with Crippen LogP contribution in [0, 0.1) is 0 Å². The third kappa shape index (κ3) is 3.68. The third-order valence-corrected chi connectivity index (χ3v) is 4.43. The Hall–Kier alpha value is -1.73. The summed E-state index contributed by atoms with van der Waals surface area (Å²) in [7, 11) is 0. The summed E-state index contributed by atoms with van der Waals surface area (Å²) in [5.41, 5.74) is 6.21. The lowest BCUT2D eigenvalue weighted by molar-refractivity contribution is -0.113. The molecule has 3 rings (SSSR count). The van der Waals surface area contributed by atoms with Gasteiger partial charge < -0.3 is 10.2 Å². The molecule has 1 aromatic heterocycles. The highest BCUT2D eigenvalue weighted by Crippen LogP contribution is 2.39. The zero-order chi connectivity index (χ0) is 14.8. The van der Waals surface area contributed by atoms with Crippen LogP contribution in [0.25, 0.3) is 0 Å². The van der Waals surface area contributed by atoms with Gasteiger partial charge >= 0.3 is 6.01 Å². The number of hydrogen-bond acceptors (Lipinski definition) is 6. The molecule has 2 aromatic rings. The first-order valence-electron chi connectivity index (χ1n) is 6.43. The topological polar surface area (TPSA) is 94.0 Å². The molecule has 0 aliphatic heterocycles. The molecule has 0 spiro atoms. The van der Waals surface area contributed by atoms with Crippen LogP contribution in [0.5, 0.6) is 0 Å². The van der Waals surface area contributed by atoms with Crippen LogP contribution in [0.1, 0.15) is 24.7 Å². The number of nitrogen functional groups attached to an aromatic ring is 1. The van der Waals surface area contributed by atoms with Gasteiger partial charge in [-0.2, -0.15) is 0 Å². The second-order valence-corrected chi connectivity index (χ2v) is 6.17. The van der Waals surface area contributed by atoms with Crippen molar-refractivity contribution in [1.29, 1.82) is 0 Å². The van der Waals surface area contributed by atoms with Gasteiger partial charge in [-0.05, 0) is 31.0 Å². The van der Waals surface area contributed by atoms with Crippen LogP contribution in [0.2, 0.25) is 5.02 Å². The van der Waals surface area contributed by atoms with Crippen molar-refractivity contribution in [3.8, 4) is 0 Å². The summed E-state index contributed by atoms with van der Waals surface area (Å²) in [5, 5.41) is 10.8. The van der Waals surface area contributed by atoms with E-state index in [9.17, 15) is 4.79 Å². The summed E-state index contributed by atoms with van der Waals surface area (Å²) >= 11 is 7.36. The monoisotopic (exact) mass is 324 g/mol. The fraction of sp³-hybridized carbons (Fsp3) is 0.308. The molecule has 0 radical (unpaired) electrons. The molecule has 1 aliphatic rings. The molecule has 0 atom stereocenters. The number of nitrogens with zero attached hydrogens (tertiary/aromatic N) is 2. The molecule has 8 heteroatoms. The van der Waals surface area contributed by atoms with Crippen molar-refractivity contribution in [3.63, 3.8) is 0 Å². The van der Waals surface area contributed by atoms with Gasteiger partial charge in [-0.15, -0.1) is 16.9 Å². The number of carbonyl (C=O) groups is 1. The first kappa shape index (κ1) is 14.2. The van der Waals surface area contributed by atoms with Crippen LogP contribution in [0.3, 0.4) is 0 Å². The van der Waals surface area contributed by atoms with Gasteiger partial charge in [0.1, 0.15) is 0 Å². The van der Waals surface area contributed by atoms with Gasteiger partial charge in [0.05, 0.1) is 10.8 Å². The van der Waals surface area contributed by atoms with Gasteiger partial charge in [0.15, 0.2) is 0 Å². The van der Waals surface area contributed by atoms with E-state index in [-0.39, 0.29) is 17.7 Å². The van der Waals surface area contributed by atoms with E-state index in [1.54, 1.807) is 18.2 Å². The van der Waals surface area contributed by atoms with E-state index < -0.39 is 0 Å². The molecular formula is C13H13ClN4O2S. The molecule has 1 amide bonds. The van der Waals surface area contributed by atoms with Gasteiger partial charge in [-0.3, -0.25) is 10.1 Å². The number of halogens is 1. The number of aromatic nitrogens is 2. The highest BCUT2D eigenvalue weighted by atomic mass is 35.5. The second kappa shape index (κ2) is 5.95. The van der Waals surface area contributed by atoms with Crippen molar-refractivity contribution in [1.82, 2.24) is 10.2 Å². The highest BCUT2D eigenvalue weighted by Gasteiger charge is 2.29. The molecular weight excluding hydrogens is 312 g/mol. The van der Waals surface area contributed by atoms with E-state index in [1.807, 2.05) is 0 Å². The summed E-state index contributed by atoms with van der Waals surface area (Å²) in [6.45, 7) is 0. The van der Waals surface area contributed by atoms with Crippen LogP contribution in [0.4, 0.5) is 11.7 Å². The number of benzene rings is 1. The summed E-state index contributed by atoms with van der Waals surface area (Å²) in [4.78, 5) is 12.6. The maximum Gasteiger partial charge on any atom is 0.322 e. The number of nitrogens with one attached hydrogen (secondary N) is 1. The van der Waals surface area contributed by atoms with Gasteiger partial charge in [0.2, 0.25) is 11.8 Å². The fourth-order valence-corrected chi connectivity index (χ4v) is 2.79. The standard InChI is InChI=1S/C13H13ClN4O2S/c14-9-5-8(15)3-4-10(9)21-6-11(19)16-13-18-17-12(20-13)7-1-2-7/h3-5,7H,1-2,6,15H2,(H,16,18,19). The number of amides is 1. The molecule has 1 fully saturated rings. The Labute approximate surface area is 130 Å². The minimum atomic E-state index is -0.223. The zero-order valence-electron chi connectivity index (χ0n) is 11.0. The Morgan fingerprint density at radius 1 is 1.48 bits per heavy atom. The van der Waals surface area contributed by atoms with Crippen LogP contribution < -0.4 is 11.1 Å². The molecule has 0 unspecified atom stereocenters. The van der Waals surface area contributed by atoms with Crippen molar-refractivity contribution >= 4 is 41.0 Å². The van der Waals surface area contributed by atoms with Crippen LogP contribution in [-0.2, 0) is 4.79 Å². The van der Waals surface area contributed by atoms with E-state index in [4.69, 9.17) is 21.8 Å². The maximum atomic E-state index is 11.8. The van der Waals surface area contributed by atoms with Crippen LogP contribution >= 0.6 is 23.4 Å². The minimum absolute atomic E-state index is 0.144. The molecule has 0 bridgehead atoms. The summed E-state index contributed by atoms with van der Waals surface area (Å²) in [6.07, 6.45) is 2.14. The Morgan fingerprint density at radius 2 is 2.29 bits per heavy atom. The van der Waals surface area contributed by atoms with Crippen molar-refractivity contribution in [2.24, 2.45) is 0 Å². The Kier molecular flexibility index (Phi) is 4.03. The lowest BCUT2D eigenvalue weighted by Gasteiger charge is -2.04. The average Bonchev–Trinajstić information content (AvgIpc) is 3.19. The van der Waals surface area contributed by atoms with Gasteiger partial charge in [-0.25, -0.2) is 0 Å². The van der Waals surface area contributed by atoms with E-state index >= 15 is 0 Å². The quantitative estimate of drug-likeness (QED) is 0.648. The van der Waals surface area contributed by atoms with Crippen molar-refractivity contribution in [3.05, 3.63) is 29.1 Å². The number of carbonyl (C=O) groups excluding carboxylic acids is 1. The van der Waals surface area contributed by atoms with Gasteiger partial charge in [0, 0.05) is 16.5 Å². The second-order valence-electron chi connectivity index (χ2n) is 4.75. The summed E-state index contributed by atoms with van der Waals surface area (Å²) < 4.78 is 5.36. The molecule has 1 saturated carbocycles. The molecule has 1 aliphatic carbocycles. The molecule has 3 N–H and O–H groups in total. The maximum absolute atomic E-state index is 11.8. The van der Waals surface area contributed by atoms with Crippen molar-refractivity contribution in [2.75, 3.05) is 16.8 Å². The number of anilines is 2. The lowest BCUT2D eigenvalue weighted by atomic mass is 10.3. The normalized spacial score (nSPS) is 14.1. The fourth-order valence-electron chi connectivity index (χ4n) is 1.71. The first-order chi connectivity index (χ1) is 10.1. The third-order valence-electron chi connectivity index (χ3n) is 2.93. The number of thioether (sulfide) groups is 1. The number of rotatable bonds is 5. The molecule has 1 aromatic carbocycles. The molecule has 0 saturated heterocycles. The average molecular weight is 325 g/mol. The number of hydrogen-bond donors (Lipinski definition) is 2. The Balaban J connectivity index is 1.53. The SMILES string of the molecule is Nc1ccc(SCC(=O)Nc2nnc(C3CC3)o2)c(Cl)c1. The first-order valence-corrected chi connectivity index (χ1v) is 7.79. The van der Waals surface area contributed by atoms with Crippen molar-refractivity contribution in [2.45, 2.75) is 23.7 Å². The van der Waals surface area contributed by atoms with Crippen LogP contribution in [0.15, 0.2) is 27.5 Å². The van der Waals surface area contributed by atoms with E-state index in [0.717, 1.165) is 17.7 Å². The van der Waals surface area contributed by atoms with E-state index in [1.165, 1.54) is 11.8 Å². The lowest BCUT2D eigenvalue weighted by Crippen LogP contribution is -2.14. The van der Waals surface area contributed by atoms with Gasteiger partial charge in [-0.1, -0.05) is 16.7 Å². The number of nitrogens with two attached hydrogens (primary N) is 1. The smallest absolute Gasteiger partial charge is 0.322 e. The Morgan fingerprint density at radius 3 is 3.00 bits per heavy atom. The molecule has 6 nitrogen and oxygen atoms in total. The van der Waals surface area contributed by atoms with E-state index in [0.29, 0.717) is 22.5 Å². The molecule has 110 valence electrons. The molecule has 1 heterocycles. The van der Waals surface area contributed by atoms with E-state index in [2.05, 4.69) is 15.5 Å². The summed E-state index contributed by atoms with van der Waals surface area (Å²) in [6, 6.07) is 5.33. The van der Waals surface area contributed by atoms with Crippen molar-refractivity contribution < 1.29 is 9.21 Å². The molecule has 21 heavy (non-hydrogen) atoms. The van der Waals surface area contributed by atoms with Gasteiger partial charge in [0.25, 0.3) is 0 Å². The Bertz CT molecular complexity index is 672. The minimum Gasteiger partial charge on any atom is -0.408 e. The largest absolute Gasteiger partial charge is 0.408 e. The van der Waals surface area contributed by atoms with Crippen LogP contribution in [-0.4, -0.2) is 21.9 Å². The zero-order valence-corrected chi connectivity index (χ0v) is 12.6. The highest BCUT2D eigenvalue weighted by molar-refractivity contribution is 8.00. The predicted octanol–water partition coefficient (Wildman–Crippen LogP) is 2.91.